The Balaban J connectivity index is 2.07. The quantitative estimate of drug-likeness (QED) is 0.638. The van der Waals surface area contributed by atoms with Gasteiger partial charge in [0.25, 0.3) is 5.91 Å². The van der Waals surface area contributed by atoms with E-state index < -0.39 is 17.4 Å². The fraction of sp³-hybridized carbons (Fsp3) is 0.417. The van der Waals surface area contributed by atoms with Crippen LogP contribution in [0.25, 0.3) is 0 Å². The third kappa shape index (κ3) is 2.75. The van der Waals surface area contributed by atoms with E-state index >= 15 is 0 Å². The summed E-state index contributed by atoms with van der Waals surface area (Å²) >= 11 is 0. The van der Waals surface area contributed by atoms with Crippen molar-refractivity contribution in [2.75, 3.05) is 42.1 Å². The molecule has 1 heterocycles. The SMILES string of the molecule is CCOC(=O)[C@]12Cc3c(cc(OC)c(OC)c3OC)[C@H]1N(C)C(=O)c1cc(OC)ccc12. The Labute approximate surface area is 187 Å². The predicted molar refractivity (Wildman–Crippen MR) is 116 cm³/mol. The van der Waals surface area contributed by atoms with Crippen molar-refractivity contribution in [1.29, 1.82) is 0 Å². The molecule has 0 fully saturated rings. The molecule has 2 aromatic rings. The van der Waals surface area contributed by atoms with Crippen LogP contribution in [0.2, 0.25) is 0 Å². The average Bonchev–Trinajstić information content (AvgIpc) is 3.17. The van der Waals surface area contributed by atoms with E-state index in [9.17, 15) is 9.59 Å². The standard InChI is InChI=1S/C24H27NO7/c1-7-32-23(27)24-12-16-14(11-18(29-4)20(31-6)19(16)30-5)21(24)25(2)22(26)15-10-13(28-3)8-9-17(15)24/h8-11,21H,7,12H2,1-6H3/t21-,24+/m1/s1. The second kappa shape index (κ2) is 7.93. The molecule has 4 rings (SSSR count). The lowest BCUT2D eigenvalue weighted by Crippen LogP contribution is -2.53. The number of likely N-dealkylation sites (N-methyl/N-ethyl adjacent to an activating group) is 1. The lowest BCUT2D eigenvalue weighted by Gasteiger charge is -2.44. The largest absolute Gasteiger partial charge is 0.497 e. The van der Waals surface area contributed by atoms with Gasteiger partial charge in [-0.1, -0.05) is 6.07 Å². The van der Waals surface area contributed by atoms with Crippen LogP contribution in [-0.4, -0.2) is 58.9 Å². The maximum Gasteiger partial charge on any atom is 0.319 e. The molecule has 0 spiro atoms. The number of hydrogen-bond acceptors (Lipinski definition) is 7. The second-order valence-electron chi connectivity index (χ2n) is 7.81. The Bertz CT molecular complexity index is 1100. The Morgan fingerprint density at radius 3 is 2.38 bits per heavy atom. The van der Waals surface area contributed by atoms with Crippen LogP contribution in [0.5, 0.6) is 23.0 Å². The second-order valence-corrected chi connectivity index (χ2v) is 7.81. The number of ether oxygens (including phenoxy) is 5. The first-order chi connectivity index (χ1) is 15.4. The topological polar surface area (TPSA) is 83.5 Å². The van der Waals surface area contributed by atoms with E-state index in [0.717, 1.165) is 11.1 Å². The number of nitrogens with zero attached hydrogens (tertiary/aromatic N) is 1. The third-order valence-electron chi connectivity index (χ3n) is 6.47. The molecule has 8 nitrogen and oxygen atoms in total. The third-order valence-corrected chi connectivity index (χ3v) is 6.47. The minimum atomic E-state index is -1.15. The van der Waals surface area contributed by atoms with Gasteiger partial charge in [-0.25, -0.2) is 0 Å². The summed E-state index contributed by atoms with van der Waals surface area (Å²) in [5.41, 5.74) is 1.44. The molecule has 1 aliphatic carbocycles. The lowest BCUT2D eigenvalue weighted by molar-refractivity contribution is -0.152. The van der Waals surface area contributed by atoms with Gasteiger partial charge in [-0.3, -0.25) is 9.59 Å². The summed E-state index contributed by atoms with van der Waals surface area (Å²) in [6.45, 7) is 1.99. The van der Waals surface area contributed by atoms with Gasteiger partial charge in [0.15, 0.2) is 11.5 Å². The van der Waals surface area contributed by atoms with E-state index in [-0.39, 0.29) is 18.9 Å². The summed E-state index contributed by atoms with van der Waals surface area (Å²) in [4.78, 5) is 28.7. The Morgan fingerprint density at radius 1 is 1.06 bits per heavy atom. The molecule has 8 heteroatoms. The Kier molecular flexibility index (Phi) is 5.40. The fourth-order valence-corrected chi connectivity index (χ4v) is 5.16. The van der Waals surface area contributed by atoms with E-state index in [1.807, 2.05) is 6.07 Å². The van der Waals surface area contributed by atoms with Gasteiger partial charge in [0, 0.05) is 18.2 Å². The molecular formula is C24H27NO7. The molecular weight excluding hydrogens is 414 g/mol. The number of rotatable bonds is 6. The van der Waals surface area contributed by atoms with Crippen molar-refractivity contribution in [3.05, 3.63) is 46.5 Å². The van der Waals surface area contributed by atoms with Gasteiger partial charge in [0.05, 0.1) is 41.1 Å². The number of amides is 1. The highest BCUT2D eigenvalue weighted by molar-refractivity contribution is 6.03. The van der Waals surface area contributed by atoms with Gasteiger partial charge in [-0.2, -0.15) is 0 Å². The first-order valence-electron chi connectivity index (χ1n) is 10.3. The molecule has 170 valence electrons. The van der Waals surface area contributed by atoms with E-state index in [0.29, 0.717) is 34.1 Å². The van der Waals surface area contributed by atoms with Crippen molar-refractivity contribution in [2.24, 2.45) is 0 Å². The van der Waals surface area contributed by atoms with E-state index in [4.69, 9.17) is 23.7 Å². The first-order valence-corrected chi connectivity index (χ1v) is 10.3. The highest BCUT2D eigenvalue weighted by atomic mass is 16.5. The number of carbonyl (C=O) groups is 2. The van der Waals surface area contributed by atoms with Crippen LogP contribution in [0, 0.1) is 0 Å². The van der Waals surface area contributed by atoms with Gasteiger partial charge in [0.1, 0.15) is 11.2 Å². The maximum absolute atomic E-state index is 13.7. The number of benzene rings is 2. The number of methoxy groups -OCH3 is 4. The van der Waals surface area contributed by atoms with E-state index in [1.165, 1.54) is 21.3 Å². The minimum absolute atomic E-state index is 0.203. The van der Waals surface area contributed by atoms with Gasteiger partial charge < -0.3 is 28.6 Å². The zero-order chi connectivity index (χ0) is 23.2. The molecule has 0 saturated heterocycles. The van der Waals surface area contributed by atoms with Crippen LogP contribution in [0.15, 0.2) is 24.3 Å². The smallest absolute Gasteiger partial charge is 0.319 e. The normalized spacial score (nSPS) is 20.8. The van der Waals surface area contributed by atoms with Crippen molar-refractivity contribution in [3.8, 4) is 23.0 Å². The molecule has 0 unspecified atom stereocenters. The van der Waals surface area contributed by atoms with Gasteiger partial charge in [0.2, 0.25) is 5.75 Å². The van der Waals surface area contributed by atoms with Crippen molar-refractivity contribution in [3.63, 3.8) is 0 Å². The van der Waals surface area contributed by atoms with E-state index in [2.05, 4.69) is 0 Å². The zero-order valence-electron chi connectivity index (χ0n) is 19.1. The van der Waals surface area contributed by atoms with Crippen LogP contribution in [0.1, 0.15) is 40.0 Å². The van der Waals surface area contributed by atoms with Gasteiger partial charge in [-0.05, 0) is 42.7 Å². The van der Waals surface area contributed by atoms with Crippen molar-refractivity contribution in [1.82, 2.24) is 4.90 Å². The number of hydrogen-bond donors (Lipinski definition) is 0. The Morgan fingerprint density at radius 2 is 1.78 bits per heavy atom. The van der Waals surface area contributed by atoms with Crippen LogP contribution in [-0.2, 0) is 21.4 Å². The summed E-state index contributed by atoms with van der Waals surface area (Å²) in [6, 6.07) is 6.44. The van der Waals surface area contributed by atoms with E-state index in [1.54, 1.807) is 44.2 Å². The molecule has 2 atom stereocenters. The maximum atomic E-state index is 13.7. The highest BCUT2D eigenvalue weighted by Gasteiger charge is 2.61. The summed E-state index contributed by atoms with van der Waals surface area (Å²) in [5, 5.41) is 0. The molecule has 0 radical (unpaired) electrons. The van der Waals surface area contributed by atoms with Crippen LogP contribution in [0.4, 0.5) is 0 Å². The van der Waals surface area contributed by atoms with Crippen molar-refractivity contribution >= 4 is 11.9 Å². The number of fused-ring (bicyclic) bond motifs is 5. The van der Waals surface area contributed by atoms with Crippen molar-refractivity contribution < 1.29 is 33.3 Å². The molecule has 1 amide bonds. The molecule has 1 aliphatic heterocycles. The molecule has 0 aromatic heterocycles. The molecule has 2 aliphatic rings. The number of carbonyl (C=O) groups excluding carboxylic acids is 2. The molecule has 0 N–H and O–H groups in total. The van der Waals surface area contributed by atoms with Crippen molar-refractivity contribution in [2.45, 2.75) is 24.8 Å². The van der Waals surface area contributed by atoms with Gasteiger partial charge >= 0.3 is 5.97 Å². The Hall–Kier alpha value is -3.42. The average molecular weight is 441 g/mol. The first kappa shape index (κ1) is 21.8. The zero-order valence-corrected chi connectivity index (χ0v) is 19.1. The summed E-state index contributed by atoms with van der Waals surface area (Å²) in [5.74, 6) is 1.33. The number of esters is 1. The monoisotopic (exact) mass is 441 g/mol. The molecule has 32 heavy (non-hydrogen) atoms. The summed E-state index contributed by atoms with van der Waals surface area (Å²) < 4.78 is 27.8. The molecule has 0 saturated carbocycles. The minimum Gasteiger partial charge on any atom is -0.497 e. The van der Waals surface area contributed by atoms with Crippen LogP contribution in [0.3, 0.4) is 0 Å². The molecule has 0 bridgehead atoms. The molecule has 2 aromatic carbocycles. The fourth-order valence-electron chi connectivity index (χ4n) is 5.16. The lowest BCUT2D eigenvalue weighted by atomic mass is 9.69. The summed E-state index contributed by atoms with van der Waals surface area (Å²) in [6.07, 6.45) is 0.284. The summed E-state index contributed by atoms with van der Waals surface area (Å²) in [7, 11) is 7.85. The predicted octanol–water partition coefficient (Wildman–Crippen LogP) is 2.90. The van der Waals surface area contributed by atoms with Gasteiger partial charge in [-0.15, -0.1) is 0 Å². The highest BCUT2D eigenvalue weighted by Crippen LogP contribution is 2.59. The van der Waals surface area contributed by atoms with Crippen LogP contribution >= 0.6 is 0 Å². The van der Waals surface area contributed by atoms with Crippen LogP contribution < -0.4 is 18.9 Å².